The van der Waals surface area contributed by atoms with E-state index in [2.05, 4.69) is 42.1 Å². The van der Waals surface area contributed by atoms with E-state index in [1.807, 2.05) is 24.3 Å². The first kappa shape index (κ1) is 15.7. The second-order valence-corrected chi connectivity index (χ2v) is 6.96. The standard InChI is InChI=1S/C18H21N3OS/c1-12(2)11-22-16-8-9-19-15(13(16)3)10-20-18-21-14-6-4-5-7-17(14)23-18/h4-9,12H,10-11H2,1-3H3,(H,20,21). The maximum absolute atomic E-state index is 5.86. The molecule has 1 aromatic carbocycles. The second kappa shape index (κ2) is 6.96. The number of nitrogens with one attached hydrogen (secondary N) is 1. The SMILES string of the molecule is Cc1c(OCC(C)C)ccnc1CNc1nc2ccccc2s1. The van der Waals surface area contributed by atoms with Crippen LogP contribution in [0, 0.1) is 12.8 Å². The van der Waals surface area contributed by atoms with Gasteiger partial charge in [-0.1, -0.05) is 37.3 Å². The van der Waals surface area contributed by atoms with Gasteiger partial charge >= 0.3 is 0 Å². The Hall–Kier alpha value is -2.14. The molecule has 0 bridgehead atoms. The Morgan fingerprint density at radius 2 is 2.04 bits per heavy atom. The Labute approximate surface area is 140 Å². The Morgan fingerprint density at radius 3 is 2.83 bits per heavy atom. The Kier molecular flexibility index (Phi) is 4.76. The lowest BCUT2D eigenvalue weighted by Gasteiger charge is -2.13. The van der Waals surface area contributed by atoms with Gasteiger partial charge in [-0.2, -0.15) is 0 Å². The van der Waals surface area contributed by atoms with E-state index in [4.69, 9.17) is 4.74 Å². The quantitative estimate of drug-likeness (QED) is 0.716. The van der Waals surface area contributed by atoms with Gasteiger partial charge in [-0.25, -0.2) is 4.98 Å². The Balaban J connectivity index is 1.71. The highest BCUT2D eigenvalue weighted by atomic mass is 32.1. The van der Waals surface area contributed by atoms with Crippen LogP contribution in [-0.2, 0) is 6.54 Å². The molecule has 5 heteroatoms. The van der Waals surface area contributed by atoms with Crippen LogP contribution in [-0.4, -0.2) is 16.6 Å². The van der Waals surface area contributed by atoms with Crippen molar-refractivity contribution in [2.75, 3.05) is 11.9 Å². The van der Waals surface area contributed by atoms with E-state index >= 15 is 0 Å². The van der Waals surface area contributed by atoms with Gasteiger partial charge in [0.2, 0.25) is 0 Å². The molecule has 0 atom stereocenters. The molecule has 0 unspecified atom stereocenters. The average molecular weight is 327 g/mol. The number of ether oxygens (including phenoxy) is 1. The molecule has 3 aromatic rings. The molecule has 23 heavy (non-hydrogen) atoms. The summed E-state index contributed by atoms with van der Waals surface area (Å²) in [5.41, 5.74) is 3.10. The summed E-state index contributed by atoms with van der Waals surface area (Å²) in [6.45, 7) is 7.70. The number of nitrogens with zero attached hydrogens (tertiary/aromatic N) is 2. The molecule has 0 fully saturated rings. The van der Waals surface area contributed by atoms with Gasteiger partial charge in [0.1, 0.15) is 5.75 Å². The van der Waals surface area contributed by atoms with Crippen LogP contribution in [0.25, 0.3) is 10.2 Å². The molecular weight excluding hydrogens is 306 g/mol. The highest BCUT2D eigenvalue weighted by Gasteiger charge is 2.09. The number of pyridine rings is 1. The smallest absolute Gasteiger partial charge is 0.184 e. The highest BCUT2D eigenvalue weighted by Crippen LogP contribution is 2.26. The van der Waals surface area contributed by atoms with Gasteiger partial charge in [0, 0.05) is 11.8 Å². The van der Waals surface area contributed by atoms with Crippen LogP contribution in [0.3, 0.4) is 0 Å². The first-order chi connectivity index (χ1) is 11.1. The first-order valence-electron chi connectivity index (χ1n) is 7.80. The van der Waals surface area contributed by atoms with E-state index in [1.165, 1.54) is 4.70 Å². The molecule has 0 spiro atoms. The van der Waals surface area contributed by atoms with Crippen molar-refractivity contribution in [1.29, 1.82) is 0 Å². The Morgan fingerprint density at radius 1 is 1.22 bits per heavy atom. The van der Waals surface area contributed by atoms with E-state index in [0.29, 0.717) is 12.5 Å². The van der Waals surface area contributed by atoms with E-state index in [9.17, 15) is 0 Å². The van der Waals surface area contributed by atoms with Gasteiger partial charge in [-0.05, 0) is 31.0 Å². The number of anilines is 1. The molecule has 0 amide bonds. The summed E-state index contributed by atoms with van der Waals surface area (Å²) in [7, 11) is 0. The molecule has 0 saturated carbocycles. The number of fused-ring (bicyclic) bond motifs is 1. The molecule has 0 aliphatic rings. The molecule has 0 aliphatic carbocycles. The predicted molar refractivity (Wildman–Crippen MR) is 96.3 cm³/mol. The van der Waals surface area contributed by atoms with Gasteiger partial charge in [0.15, 0.2) is 5.13 Å². The fraction of sp³-hybridized carbons (Fsp3) is 0.333. The lowest BCUT2D eigenvalue weighted by atomic mass is 10.2. The monoisotopic (exact) mass is 327 g/mol. The van der Waals surface area contributed by atoms with Crippen LogP contribution in [0.4, 0.5) is 5.13 Å². The van der Waals surface area contributed by atoms with Crippen molar-refractivity contribution in [1.82, 2.24) is 9.97 Å². The number of aromatic nitrogens is 2. The van der Waals surface area contributed by atoms with Crippen molar-refractivity contribution < 1.29 is 4.74 Å². The van der Waals surface area contributed by atoms with Crippen molar-refractivity contribution in [2.24, 2.45) is 5.92 Å². The molecule has 1 N–H and O–H groups in total. The van der Waals surface area contributed by atoms with E-state index in [-0.39, 0.29) is 0 Å². The van der Waals surface area contributed by atoms with Gasteiger partial charge in [0.25, 0.3) is 0 Å². The topological polar surface area (TPSA) is 47.0 Å². The van der Waals surface area contributed by atoms with Crippen LogP contribution in [0.5, 0.6) is 5.75 Å². The minimum Gasteiger partial charge on any atom is -0.493 e. The zero-order chi connectivity index (χ0) is 16.2. The second-order valence-electron chi connectivity index (χ2n) is 5.93. The molecular formula is C18H21N3OS. The summed E-state index contributed by atoms with van der Waals surface area (Å²) in [5.74, 6) is 1.42. The van der Waals surface area contributed by atoms with Crippen LogP contribution in [0.15, 0.2) is 36.5 Å². The maximum atomic E-state index is 5.86. The molecule has 0 radical (unpaired) electrons. The molecule has 0 aliphatic heterocycles. The fourth-order valence-corrected chi connectivity index (χ4v) is 3.12. The van der Waals surface area contributed by atoms with Crippen LogP contribution < -0.4 is 10.1 Å². The third-order valence-corrected chi connectivity index (χ3v) is 4.53. The van der Waals surface area contributed by atoms with Gasteiger partial charge in [-0.15, -0.1) is 0 Å². The van der Waals surface area contributed by atoms with Crippen molar-refractivity contribution in [3.05, 3.63) is 47.8 Å². The van der Waals surface area contributed by atoms with Crippen LogP contribution in [0.2, 0.25) is 0 Å². The minimum atomic E-state index is 0.506. The third kappa shape index (κ3) is 3.79. The number of thiazole rings is 1. The summed E-state index contributed by atoms with van der Waals surface area (Å²) in [6.07, 6.45) is 1.80. The number of hydrogen-bond acceptors (Lipinski definition) is 5. The molecule has 2 aromatic heterocycles. The van der Waals surface area contributed by atoms with Crippen LogP contribution in [0.1, 0.15) is 25.1 Å². The third-order valence-electron chi connectivity index (χ3n) is 3.53. The molecule has 0 saturated heterocycles. The maximum Gasteiger partial charge on any atom is 0.184 e. The molecule has 120 valence electrons. The molecule has 3 rings (SSSR count). The van der Waals surface area contributed by atoms with E-state index in [1.54, 1.807) is 17.5 Å². The highest BCUT2D eigenvalue weighted by molar-refractivity contribution is 7.22. The molecule has 2 heterocycles. The lowest BCUT2D eigenvalue weighted by Crippen LogP contribution is -2.08. The van der Waals surface area contributed by atoms with E-state index in [0.717, 1.165) is 34.3 Å². The summed E-state index contributed by atoms with van der Waals surface area (Å²) in [6, 6.07) is 10.1. The zero-order valence-electron chi connectivity index (χ0n) is 13.7. The average Bonchev–Trinajstić information content (AvgIpc) is 2.95. The van der Waals surface area contributed by atoms with Crippen molar-refractivity contribution in [2.45, 2.75) is 27.3 Å². The minimum absolute atomic E-state index is 0.506. The van der Waals surface area contributed by atoms with Gasteiger partial charge < -0.3 is 10.1 Å². The lowest BCUT2D eigenvalue weighted by molar-refractivity contribution is 0.269. The number of benzene rings is 1. The van der Waals surface area contributed by atoms with Gasteiger partial charge in [-0.3, -0.25) is 4.98 Å². The normalized spacial score (nSPS) is 11.1. The number of para-hydroxylation sites is 1. The summed E-state index contributed by atoms with van der Waals surface area (Å²) in [4.78, 5) is 9.06. The predicted octanol–water partition coefficient (Wildman–Crippen LogP) is 4.65. The molecule has 4 nitrogen and oxygen atoms in total. The van der Waals surface area contributed by atoms with Crippen molar-refractivity contribution in [3.8, 4) is 5.75 Å². The summed E-state index contributed by atoms with van der Waals surface area (Å²) in [5, 5.41) is 4.29. The Bertz CT molecular complexity index is 765. The zero-order valence-corrected chi connectivity index (χ0v) is 14.5. The van der Waals surface area contributed by atoms with Crippen LogP contribution >= 0.6 is 11.3 Å². The first-order valence-corrected chi connectivity index (χ1v) is 8.62. The van der Waals surface area contributed by atoms with E-state index < -0.39 is 0 Å². The fourth-order valence-electron chi connectivity index (χ4n) is 2.26. The number of rotatable bonds is 6. The van der Waals surface area contributed by atoms with Crippen molar-refractivity contribution in [3.63, 3.8) is 0 Å². The van der Waals surface area contributed by atoms with Gasteiger partial charge in [0.05, 0.1) is 29.1 Å². The number of hydrogen-bond donors (Lipinski definition) is 1. The summed E-state index contributed by atoms with van der Waals surface area (Å²) < 4.78 is 7.05. The summed E-state index contributed by atoms with van der Waals surface area (Å²) >= 11 is 1.66. The van der Waals surface area contributed by atoms with Crippen molar-refractivity contribution >= 4 is 26.7 Å². The largest absolute Gasteiger partial charge is 0.493 e.